The molecule has 0 bridgehead atoms. The Bertz CT molecular complexity index is 583. The van der Waals surface area contributed by atoms with E-state index in [-0.39, 0.29) is 31.9 Å². The van der Waals surface area contributed by atoms with Gasteiger partial charge < -0.3 is 14.4 Å². The van der Waals surface area contributed by atoms with Crippen molar-refractivity contribution in [3.8, 4) is 0 Å². The van der Waals surface area contributed by atoms with Crippen LogP contribution >= 0.6 is 0 Å². The Labute approximate surface area is 131 Å². The van der Waals surface area contributed by atoms with Crippen LogP contribution in [0.4, 0.5) is 11.4 Å². The van der Waals surface area contributed by atoms with E-state index in [1.165, 1.54) is 19.1 Å². The molecule has 1 aromatic carbocycles. The van der Waals surface area contributed by atoms with Gasteiger partial charge in [-0.2, -0.15) is 0 Å². The largest absolute Gasteiger partial charge is 0.383 e. The van der Waals surface area contributed by atoms with E-state index in [0.29, 0.717) is 0 Å². The minimum atomic E-state index is -0.814. The molecule has 10 nitrogen and oxygen atoms in total. The lowest BCUT2D eigenvalue weighted by atomic mass is 10.1. The number of ether oxygens (including phenoxy) is 2. The zero-order valence-corrected chi connectivity index (χ0v) is 12.8. The van der Waals surface area contributed by atoms with E-state index in [4.69, 9.17) is 9.47 Å². The molecule has 10 heteroatoms. The average molecular weight is 327 g/mol. The van der Waals surface area contributed by atoms with E-state index >= 15 is 0 Å². The van der Waals surface area contributed by atoms with Gasteiger partial charge in [0.05, 0.1) is 29.1 Å². The third kappa shape index (κ3) is 4.97. The third-order valence-electron chi connectivity index (χ3n) is 3.04. The molecule has 0 atom stereocenters. The summed E-state index contributed by atoms with van der Waals surface area (Å²) in [5.74, 6) is -0.610. The van der Waals surface area contributed by atoms with Gasteiger partial charge in [-0.05, 0) is 6.07 Å². The van der Waals surface area contributed by atoms with Crippen LogP contribution in [0.2, 0.25) is 0 Å². The van der Waals surface area contributed by atoms with Gasteiger partial charge in [0.1, 0.15) is 5.56 Å². The van der Waals surface area contributed by atoms with Crippen molar-refractivity contribution in [2.45, 2.75) is 0 Å². The summed E-state index contributed by atoms with van der Waals surface area (Å²) in [6.07, 6.45) is 0. The second-order valence-electron chi connectivity index (χ2n) is 4.49. The fraction of sp³-hybridized carbons (Fsp3) is 0.462. The number of hydrogen-bond acceptors (Lipinski definition) is 7. The van der Waals surface area contributed by atoms with Gasteiger partial charge in [-0.1, -0.05) is 0 Å². The fourth-order valence-electron chi connectivity index (χ4n) is 1.85. The molecule has 0 heterocycles. The molecular formula is C13H17N3O7. The lowest BCUT2D eigenvalue weighted by molar-refractivity contribution is -0.394. The molecule has 0 N–H and O–H groups in total. The van der Waals surface area contributed by atoms with Crippen molar-refractivity contribution >= 4 is 17.3 Å². The van der Waals surface area contributed by atoms with E-state index in [9.17, 15) is 25.0 Å². The van der Waals surface area contributed by atoms with Crippen molar-refractivity contribution in [3.63, 3.8) is 0 Å². The molecule has 126 valence electrons. The zero-order chi connectivity index (χ0) is 17.4. The first-order valence-electron chi connectivity index (χ1n) is 6.62. The third-order valence-corrected chi connectivity index (χ3v) is 3.04. The molecule has 1 rings (SSSR count). The highest BCUT2D eigenvalue weighted by atomic mass is 16.6. The van der Waals surface area contributed by atoms with Crippen LogP contribution in [0.1, 0.15) is 10.4 Å². The maximum Gasteiger partial charge on any atom is 0.289 e. The molecule has 0 saturated carbocycles. The average Bonchev–Trinajstić information content (AvgIpc) is 2.53. The topological polar surface area (TPSA) is 125 Å². The Kier molecular flexibility index (Phi) is 7.03. The van der Waals surface area contributed by atoms with Crippen molar-refractivity contribution in [3.05, 3.63) is 44.0 Å². The van der Waals surface area contributed by atoms with Gasteiger partial charge in [-0.25, -0.2) is 0 Å². The Morgan fingerprint density at radius 2 is 1.65 bits per heavy atom. The zero-order valence-electron chi connectivity index (χ0n) is 12.8. The van der Waals surface area contributed by atoms with Crippen molar-refractivity contribution in [2.75, 3.05) is 40.5 Å². The number of non-ortho nitro benzene ring substituents is 1. The minimum absolute atomic E-state index is 0.215. The maximum atomic E-state index is 12.5. The predicted octanol–water partition coefficient (Wildman–Crippen LogP) is 1.24. The number of nitro groups is 2. The monoisotopic (exact) mass is 327 g/mol. The van der Waals surface area contributed by atoms with Gasteiger partial charge in [0.2, 0.25) is 0 Å². The molecule has 0 unspecified atom stereocenters. The molecule has 0 fully saturated rings. The highest BCUT2D eigenvalue weighted by Crippen LogP contribution is 2.25. The first-order chi connectivity index (χ1) is 10.9. The number of nitro benzene ring substituents is 2. The quantitative estimate of drug-likeness (QED) is 0.493. The normalized spacial score (nSPS) is 10.3. The minimum Gasteiger partial charge on any atom is -0.383 e. The van der Waals surface area contributed by atoms with E-state index in [0.717, 1.165) is 18.2 Å². The van der Waals surface area contributed by atoms with Crippen LogP contribution in [-0.4, -0.2) is 61.2 Å². The van der Waals surface area contributed by atoms with Crippen LogP contribution in [0.25, 0.3) is 0 Å². The lowest BCUT2D eigenvalue weighted by Gasteiger charge is -2.21. The molecule has 0 saturated heterocycles. The summed E-state index contributed by atoms with van der Waals surface area (Å²) in [6, 6.07) is 2.92. The molecule has 1 amide bonds. The number of carbonyl (C=O) groups excluding carboxylic acids is 1. The van der Waals surface area contributed by atoms with Crippen molar-refractivity contribution in [1.29, 1.82) is 0 Å². The van der Waals surface area contributed by atoms with E-state index in [1.807, 2.05) is 0 Å². The SMILES string of the molecule is COCCN(CCOC)C(=O)c1ccc([N+](=O)[O-])cc1[N+](=O)[O-]. The van der Waals surface area contributed by atoms with Crippen LogP contribution < -0.4 is 0 Å². The smallest absolute Gasteiger partial charge is 0.289 e. The van der Waals surface area contributed by atoms with Crippen LogP contribution in [0, 0.1) is 20.2 Å². The number of methoxy groups -OCH3 is 2. The van der Waals surface area contributed by atoms with Crippen molar-refractivity contribution in [1.82, 2.24) is 4.90 Å². The summed E-state index contributed by atoms with van der Waals surface area (Å²) in [4.78, 5) is 34.1. The first kappa shape index (κ1) is 18.5. The molecule has 1 aromatic rings. The van der Waals surface area contributed by atoms with E-state index in [2.05, 4.69) is 0 Å². The molecule has 23 heavy (non-hydrogen) atoms. The summed E-state index contributed by atoms with van der Waals surface area (Å²) < 4.78 is 9.82. The molecular weight excluding hydrogens is 310 g/mol. The number of nitrogens with zero attached hydrogens (tertiary/aromatic N) is 3. The van der Waals surface area contributed by atoms with Crippen LogP contribution in [0.15, 0.2) is 18.2 Å². The summed E-state index contributed by atoms with van der Waals surface area (Å²) in [5, 5.41) is 21.8. The number of carbonyl (C=O) groups is 1. The Morgan fingerprint density at radius 1 is 1.09 bits per heavy atom. The standard InChI is InChI=1S/C13H17N3O7/c1-22-7-5-14(6-8-23-2)13(17)11-4-3-10(15(18)19)9-12(11)16(20)21/h3-4,9H,5-8H2,1-2H3. The fourth-order valence-corrected chi connectivity index (χ4v) is 1.85. The lowest BCUT2D eigenvalue weighted by Crippen LogP contribution is -2.36. The van der Waals surface area contributed by atoms with Crippen LogP contribution in [0.3, 0.4) is 0 Å². The highest BCUT2D eigenvalue weighted by Gasteiger charge is 2.27. The van der Waals surface area contributed by atoms with Gasteiger partial charge in [-0.15, -0.1) is 0 Å². The van der Waals surface area contributed by atoms with Crippen LogP contribution in [0.5, 0.6) is 0 Å². The summed E-state index contributed by atoms with van der Waals surface area (Å²) in [7, 11) is 2.93. The van der Waals surface area contributed by atoms with E-state index < -0.39 is 27.1 Å². The van der Waals surface area contributed by atoms with Gasteiger partial charge in [0, 0.05) is 33.4 Å². The van der Waals surface area contributed by atoms with Gasteiger partial charge in [0.15, 0.2) is 0 Å². The second kappa shape index (κ2) is 8.76. The van der Waals surface area contributed by atoms with Gasteiger partial charge >= 0.3 is 0 Å². The first-order valence-corrected chi connectivity index (χ1v) is 6.62. The van der Waals surface area contributed by atoms with Gasteiger partial charge in [-0.3, -0.25) is 25.0 Å². The second-order valence-corrected chi connectivity index (χ2v) is 4.49. The highest BCUT2D eigenvalue weighted by molar-refractivity contribution is 5.98. The van der Waals surface area contributed by atoms with E-state index in [1.54, 1.807) is 0 Å². The Morgan fingerprint density at radius 3 is 2.09 bits per heavy atom. The van der Waals surface area contributed by atoms with Crippen LogP contribution in [-0.2, 0) is 9.47 Å². The Balaban J connectivity index is 3.16. The molecule has 0 spiro atoms. The Hall–Kier alpha value is -2.59. The molecule has 0 radical (unpaired) electrons. The number of amides is 1. The molecule has 0 aliphatic heterocycles. The molecule has 0 aliphatic rings. The maximum absolute atomic E-state index is 12.5. The molecule has 0 aliphatic carbocycles. The number of hydrogen-bond donors (Lipinski definition) is 0. The summed E-state index contributed by atoms with van der Waals surface area (Å²) >= 11 is 0. The van der Waals surface area contributed by atoms with Crippen molar-refractivity contribution < 1.29 is 24.1 Å². The predicted molar refractivity (Wildman–Crippen MR) is 79.4 cm³/mol. The summed E-state index contributed by atoms with van der Waals surface area (Å²) in [6.45, 7) is 0.923. The van der Waals surface area contributed by atoms with Gasteiger partial charge in [0.25, 0.3) is 17.3 Å². The van der Waals surface area contributed by atoms with Crippen molar-refractivity contribution in [2.24, 2.45) is 0 Å². The number of benzene rings is 1. The summed E-state index contributed by atoms with van der Waals surface area (Å²) in [5.41, 5.74) is -1.27. The number of rotatable bonds is 9. The molecule has 0 aromatic heterocycles.